The highest BCUT2D eigenvalue weighted by Crippen LogP contribution is 2.27. The number of nitrogen functional groups attached to an aromatic ring is 2. The first kappa shape index (κ1) is 12.4. The average Bonchev–Trinajstić information content (AvgIpc) is 2.87. The van der Waals surface area contributed by atoms with E-state index in [-0.39, 0.29) is 0 Å². The molecule has 0 spiro atoms. The van der Waals surface area contributed by atoms with Crippen molar-refractivity contribution in [3.63, 3.8) is 0 Å². The van der Waals surface area contributed by atoms with Crippen LogP contribution < -0.4 is 11.5 Å². The minimum atomic E-state index is 0.525. The SMILES string of the molecule is Nc1cc(N)cc(-c2nnnn2-c2ccccc2Cl)c1. The number of benzene rings is 2. The van der Waals surface area contributed by atoms with Crippen LogP contribution >= 0.6 is 11.6 Å². The molecule has 1 aromatic heterocycles. The van der Waals surface area contributed by atoms with Crippen molar-refractivity contribution in [1.82, 2.24) is 20.2 Å². The lowest BCUT2D eigenvalue weighted by Crippen LogP contribution is -2.01. The van der Waals surface area contributed by atoms with Crippen LogP contribution in [-0.2, 0) is 0 Å². The smallest absolute Gasteiger partial charge is 0.187 e. The lowest BCUT2D eigenvalue weighted by Gasteiger charge is -2.07. The minimum Gasteiger partial charge on any atom is -0.399 e. The van der Waals surface area contributed by atoms with Gasteiger partial charge in [-0.05, 0) is 40.8 Å². The van der Waals surface area contributed by atoms with Gasteiger partial charge in [-0.25, -0.2) is 0 Å². The Balaban J connectivity index is 2.18. The highest BCUT2D eigenvalue weighted by Gasteiger charge is 2.13. The zero-order valence-electron chi connectivity index (χ0n) is 10.4. The lowest BCUT2D eigenvalue weighted by atomic mass is 10.1. The lowest BCUT2D eigenvalue weighted by molar-refractivity contribution is 0.791. The fraction of sp³-hybridized carbons (Fsp3) is 0. The van der Waals surface area contributed by atoms with Crippen molar-refractivity contribution < 1.29 is 0 Å². The molecule has 0 aliphatic heterocycles. The molecule has 0 radical (unpaired) electrons. The Bertz CT molecular complexity index is 747. The number of hydrogen-bond donors (Lipinski definition) is 2. The van der Waals surface area contributed by atoms with Crippen LogP contribution in [0, 0.1) is 0 Å². The van der Waals surface area contributed by atoms with Gasteiger partial charge in [0.1, 0.15) is 0 Å². The summed E-state index contributed by atoms with van der Waals surface area (Å²) in [5.41, 5.74) is 14.1. The number of nitrogens with two attached hydrogens (primary N) is 2. The second-order valence-electron chi connectivity index (χ2n) is 4.25. The fourth-order valence-electron chi connectivity index (χ4n) is 1.96. The maximum absolute atomic E-state index is 6.17. The van der Waals surface area contributed by atoms with Gasteiger partial charge < -0.3 is 11.5 Å². The fourth-order valence-corrected chi connectivity index (χ4v) is 2.17. The van der Waals surface area contributed by atoms with E-state index in [9.17, 15) is 0 Å². The van der Waals surface area contributed by atoms with Crippen molar-refractivity contribution in [2.75, 3.05) is 11.5 Å². The Kier molecular flexibility index (Phi) is 3.00. The maximum Gasteiger partial charge on any atom is 0.187 e. The van der Waals surface area contributed by atoms with Gasteiger partial charge in [0.05, 0.1) is 10.7 Å². The molecule has 3 aromatic rings. The zero-order chi connectivity index (χ0) is 14.1. The predicted octanol–water partition coefficient (Wildman–Crippen LogP) is 2.15. The summed E-state index contributed by atoms with van der Waals surface area (Å²) < 4.78 is 1.55. The van der Waals surface area contributed by atoms with Gasteiger partial charge in [-0.1, -0.05) is 23.7 Å². The Labute approximate surface area is 120 Å². The van der Waals surface area contributed by atoms with Crippen LogP contribution in [-0.4, -0.2) is 20.2 Å². The third-order valence-corrected chi connectivity index (χ3v) is 3.11. The first-order valence-corrected chi connectivity index (χ1v) is 6.22. The standard InChI is InChI=1S/C13H11ClN6/c14-11-3-1-2-4-12(11)20-13(17-18-19-20)8-5-9(15)7-10(16)6-8/h1-7H,15-16H2. The van der Waals surface area contributed by atoms with E-state index in [4.69, 9.17) is 23.1 Å². The van der Waals surface area contributed by atoms with Crippen LogP contribution in [0.3, 0.4) is 0 Å². The van der Waals surface area contributed by atoms with Crippen LogP contribution in [0.2, 0.25) is 5.02 Å². The quantitative estimate of drug-likeness (QED) is 0.704. The molecule has 0 unspecified atom stereocenters. The van der Waals surface area contributed by atoms with Crippen molar-refractivity contribution in [3.8, 4) is 17.1 Å². The molecule has 3 rings (SSSR count). The number of para-hydroxylation sites is 1. The van der Waals surface area contributed by atoms with Gasteiger partial charge in [0, 0.05) is 16.9 Å². The first-order valence-electron chi connectivity index (χ1n) is 5.85. The molecule has 0 saturated heterocycles. The summed E-state index contributed by atoms with van der Waals surface area (Å²) in [5, 5.41) is 12.2. The van der Waals surface area contributed by atoms with Crippen LogP contribution in [0.25, 0.3) is 17.1 Å². The van der Waals surface area contributed by atoms with E-state index in [2.05, 4.69) is 15.5 Å². The molecule has 0 aliphatic carbocycles. The van der Waals surface area contributed by atoms with E-state index in [1.807, 2.05) is 18.2 Å². The van der Waals surface area contributed by atoms with Crippen molar-refractivity contribution in [2.45, 2.75) is 0 Å². The van der Waals surface area contributed by atoms with Crippen LogP contribution in [0.1, 0.15) is 0 Å². The van der Waals surface area contributed by atoms with Crippen LogP contribution in [0.5, 0.6) is 0 Å². The number of hydrogen-bond acceptors (Lipinski definition) is 5. The molecule has 100 valence electrons. The number of halogens is 1. The topological polar surface area (TPSA) is 95.6 Å². The number of aromatic nitrogens is 4. The van der Waals surface area contributed by atoms with E-state index in [1.165, 1.54) is 0 Å². The third-order valence-electron chi connectivity index (χ3n) is 2.79. The van der Waals surface area contributed by atoms with Crippen molar-refractivity contribution in [2.24, 2.45) is 0 Å². The van der Waals surface area contributed by atoms with Gasteiger partial charge >= 0.3 is 0 Å². The summed E-state index contributed by atoms with van der Waals surface area (Å²) in [7, 11) is 0. The summed E-state index contributed by atoms with van der Waals surface area (Å²) >= 11 is 6.17. The van der Waals surface area contributed by atoms with E-state index >= 15 is 0 Å². The second kappa shape index (κ2) is 4.82. The molecule has 0 fully saturated rings. The minimum absolute atomic E-state index is 0.525. The highest BCUT2D eigenvalue weighted by molar-refractivity contribution is 6.32. The molecule has 1 heterocycles. The van der Waals surface area contributed by atoms with Crippen molar-refractivity contribution in [3.05, 3.63) is 47.5 Å². The first-order chi connectivity index (χ1) is 9.65. The predicted molar refractivity (Wildman–Crippen MR) is 78.4 cm³/mol. The van der Waals surface area contributed by atoms with Gasteiger partial charge in [-0.3, -0.25) is 0 Å². The van der Waals surface area contributed by atoms with Crippen LogP contribution in [0.4, 0.5) is 11.4 Å². The Hall–Kier alpha value is -2.60. The van der Waals surface area contributed by atoms with E-state index in [0.29, 0.717) is 27.9 Å². The average molecular weight is 287 g/mol. The van der Waals surface area contributed by atoms with E-state index in [0.717, 1.165) is 5.56 Å². The van der Waals surface area contributed by atoms with Crippen molar-refractivity contribution in [1.29, 1.82) is 0 Å². The molecule has 0 aliphatic rings. The van der Waals surface area contributed by atoms with Gasteiger partial charge in [-0.15, -0.1) is 5.10 Å². The Morgan fingerprint density at radius 1 is 1.00 bits per heavy atom. The molecule has 4 N–H and O–H groups in total. The monoisotopic (exact) mass is 286 g/mol. The van der Waals surface area contributed by atoms with E-state index in [1.54, 1.807) is 28.9 Å². The molecule has 2 aromatic carbocycles. The summed E-state index contributed by atoms with van der Waals surface area (Å²) in [6.45, 7) is 0. The summed E-state index contributed by atoms with van der Waals surface area (Å²) in [6, 6.07) is 12.5. The molecule has 20 heavy (non-hydrogen) atoms. The van der Waals surface area contributed by atoms with Gasteiger partial charge in [0.2, 0.25) is 0 Å². The zero-order valence-corrected chi connectivity index (χ0v) is 11.1. The molecule has 6 nitrogen and oxygen atoms in total. The maximum atomic E-state index is 6.17. The molecular formula is C13H11ClN6. The molecule has 0 bridgehead atoms. The van der Waals surface area contributed by atoms with Crippen molar-refractivity contribution >= 4 is 23.0 Å². The molecule has 0 atom stereocenters. The Morgan fingerprint density at radius 2 is 1.70 bits per heavy atom. The summed E-state index contributed by atoms with van der Waals surface area (Å²) in [4.78, 5) is 0. The number of anilines is 2. The molecule has 0 saturated carbocycles. The number of rotatable bonds is 2. The van der Waals surface area contributed by atoms with E-state index < -0.39 is 0 Å². The number of nitrogens with zero attached hydrogens (tertiary/aromatic N) is 4. The second-order valence-corrected chi connectivity index (χ2v) is 4.66. The van der Waals surface area contributed by atoms with Gasteiger partial charge in [0.15, 0.2) is 5.82 Å². The van der Waals surface area contributed by atoms with Gasteiger partial charge in [-0.2, -0.15) is 4.68 Å². The molecule has 0 amide bonds. The Morgan fingerprint density at radius 3 is 2.40 bits per heavy atom. The number of tetrazole rings is 1. The molecule has 7 heteroatoms. The third kappa shape index (κ3) is 2.17. The van der Waals surface area contributed by atoms with Gasteiger partial charge in [0.25, 0.3) is 0 Å². The normalized spacial score (nSPS) is 10.7. The van der Waals surface area contributed by atoms with Crippen LogP contribution in [0.15, 0.2) is 42.5 Å². The largest absolute Gasteiger partial charge is 0.399 e. The summed E-state index contributed by atoms with van der Waals surface area (Å²) in [5.74, 6) is 0.525. The highest BCUT2D eigenvalue weighted by atomic mass is 35.5. The molecular weight excluding hydrogens is 276 g/mol. The summed E-state index contributed by atoms with van der Waals surface area (Å²) in [6.07, 6.45) is 0.